The van der Waals surface area contributed by atoms with E-state index in [0.717, 1.165) is 34.9 Å². The lowest BCUT2D eigenvalue weighted by Gasteiger charge is -2.34. The SMILES string of the molecule is O=C(C=Cc1cn(-c2ccccc2)nc1-c1cccs1)N1CCN(c2ncccn2)CC1. The Morgan fingerprint density at radius 3 is 2.44 bits per heavy atom. The average molecular weight is 443 g/mol. The van der Waals surface area contributed by atoms with Crippen LogP contribution >= 0.6 is 11.3 Å². The lowest BCUT2D eigenvalue weighted by atomic mass is 10.2. The van der Waals surface area contributed by atoms with Gasteiger partial charge in [-0.15, -0.1) is 11.3 Å². The van der Waals surface area contributed by atoms with Crippen molar-refractivity contribution in [3.05, 3.63) is 84.1 Å². The molecule has 160 valence electrons. The Morgan fingerprint density at radius 1 is 0.938 bits per heavy atom. The van der Waals surface area contributed by atoms with Gasteiger partial charge in [-0.25, -0.2) is 14.6 Å². The molecular formula is C24H22N6OS. The van der Waals surface area contributed by atoms with Crippen molar-refractivity contribution >= 4 is 29.3 Å². The predicted octanol–water partition coefficient (Wildman–Crippen LogP) is 3.75. The fourth-order valence-electron chi connectivity index (χ4n) is 3.67. The molecule has 32 heavy (non-hydrogen) atoms. The first-order valence-electron chi connectivity index (χ1n) is 10.5. The summed E-state index contributed by atoms with van der Waals surface area (Å²) in [5.74, 6) is 0.715. The van der Waals surface area contributed by atoms with E-state index in [-0.39, 0.29) is 5.91 Å². The molecule has 0 N–H and O–H groups in total. The van der Waals surface area contributed by atoms with E-state index in [9.17, 15) is 4.79 Å². The summed E-state index contributed by atoms with van der Waals surface area (Å²) in [6, 6.07) is 15.8. The van der Waals surface area contributed by atoms with Crippen molar-refractivity contribution in [3.63, 3.8) is 0 Å². The molecule has 8 heteroatoms. The Morgan fingerprint density at radius 2 is 1.72 bits per heavy atom. The number of para-hydroxylation sites is 1. The number of amides is 1. The second-order valence-corrected chi connectivity index (χ2v) is 8.33. The van der Waals surface area contributed by atoms with Crippen molar-refractivity contribution in [2.45, 2.75) is 0 Å². The fraction of sp³-hybridized carbons (Fsp3) is 0.167. The van der Waals surface area contributed by atoms with Gasteiger partial charge in [0.25, 0.3) is 0 Å². The summed E-state index contributed by atoms with van der Waals surface area (Å²) >= 11 is 1.64. The minimum atomic E-state index is 0.00298. The zero-order chi connectivity index (χ0) is 21.8. The highest BCUT2D eigenvalue weighted by Gasteiger charge is 2.21. The molecule has 4 aromatic rings. The summed E-state index contributed by atoms with van der Waals surface area (Å²) in [6.45, 7) is 2.72. The van der Waals surface area contributed by atoms with Crippen molar-refractivity contribution in [1.29, 1.82) is 0 Å². The summed E-state index contributed by atoms with van der Waals surface area (Å²) in [5, 5.41) is 6.82. The number of aromatic nitrogens is 4. The van der Waals surface area contributed by atoms with Gasteiger partial charge in [-0.3, -0.25) is 4.79 Å². The number of anilines is 1. The van der Waals surface area contributed by atoms with E-state index in [1.54, 1.807) is 35.9 Å². The third-order valence-corrected chi connectivity index (χ3v) is 6.23. The average Bonchev–Trinajstić information content (AvgIpc) is 3.54. The minimum Gasteiger partial charge on any atom is -0.337 e. The Hall–Kier alpha value is -3.78. The first kappa shape index (κ1) is 20.1. The molecule has 0 unspecified atom stereocenters. The lowest BCUT2D eigenvalue weighted by molar-refractivity contribution is -0.126. The molecule has 0 aliphatic carbocycles. The van der Waals surface area contributed by atoms with Gasteiger partial charge in [0.15, 0.2) is 0 Å². The smallest absolute Gasteiger partial charge is 0.246 e. The number of carbonyl (C=O) groups is 1. The number of piperazine rings is 1. The molecule has 3 aromatic heterocycles. The molecule has 0 radical (unpaired) electrons. The number of thiophene rings is 1. The van der Waals surface area contributed by atoms with Crippen LogP contribution in [-0.4, -0.2) is 56.7 Å². The first-order chi connectivity index (χ1) is 15.8. The second-order valence-electron chi connectivity index (χ2n) is 7.38. The van der Waals surface area contributed by atoms with Crippen LogP contribution in [0.2, 0.25) is 0 Å². The van der Waals surface area contributed by atoms with Crippen molar-refractivity contribution in [1.82, 2.24) is 24.6 Å². The van der Waals surface area contributed by atoms with E-state index in [1.165, 1.54) is 0 Å². The van der Waals surface area contributed by atoms with Gasteiger partial charge in [-0.1, -0.05) is 24.3 Å². The maximum Gasteiger partial charge on any atom is 0.246 e. The zero-order valence-electron chi connectivity index (χ0n) is 17.4. The molecule has 1 fully saturated rings. The number of hydrogen-bond acceptors (Lipinski definition) is 6. The topological polar surface area (TPSA) is 67.2 Å². The maximum absolute atomic E-state index is 12.9. The molecule has 1 amide bonds. The number of hydrogen-bond donors (Lipinski definition) is 0. The minimum absolute atomic E-state index is 0.00298. The van der Waals surface area contributed by atoms with Gasteiger partial charge >= 0.3 is 0 Å². The van der Waals surface area contributed by atoms with Crippen molar-refractivity contribution in [2.24, 2.45) is 0 Å². The predicted molar refractivity (Wildman–Crippen MR) is 127 cm³/mol. The van der Waals surface area contributed by atoms with Crippen LogP contribution in [0.5, 0.6) is 0 Å². The molecule has 0 saturated carbocycles. The van der Waals surface area contributed by atoms with Crippen LogP contribution in [0.25, 0.3) is 22.3 Å². The molecule has 0 bridgehead atoms. The van der Waals surface area contributed by atoms with Crippen LogP contribution in [0, 0.1) is 0 Å². The summed E-state index contributed by atoms with van der Waals surface area (Å²) in [5.41, 5.74) is 2.77. The van der Waals surface area contributed by atoms with Crippen LogP contribution in [0.1, 0.15) is 5.56 Å². The van der Waals surface area contributed by atoms with Gasteiger partial charge in [0.05, 0.1) is 10.6 Å². The number of carbonyl (C=O) groups excluding carboxylic acids is 1. The van der Waals surface area contributed by atoms with Crippen molar-refractivity contribution in [2.75, 3.05) is 31.1 Å². The van der Waals surface area contributed by atoms with Gasteiger partial charge in [0, 0.05) is 56.4 Å². The van der Waals surface area contributed by atoms with Gasteiger partial charge < -0.3 is 9.80 Å². The summed E-state index contributed by atoms with van der Waals surface area (Å²) in [4.78, 5) is 26.5. The van der Waals surface area contributed by atoms with E-state index in [4.69, 9.17) is 5.10 Å². The highest BCUT2D eigenvalue weighted by atomic mass is 32.1. The van der Waals surface area contributed by atoms with Crippen LogP contribution in [0.15, 0.2) is 78.6 Å². The monoisotopic (exact) mass is 442 g/mol. The number of benzene rings is 1. The number of rotatable bonds is 5. The third kappa shape index (κ3) is 4.31. The second kappa shape index (κ2) is 9.15. The highest BCUT2D eigenvalue weighted by Crippen LogP contribution is 2.28. The van der Waals surface area contributed by atoms with Gasteiger partial charge in [0.2, 0.25) is 11.9 Å². The van der Waals surface area contributed by atoms with Crippen LogP contribution < -0.4 is 4.90 Å². The number of nitrogens with zero attached hydrogens (tertiary/aromatic N) is 6. The summed E-state index contributed by atoms with van der Waals surface area (Å²) in [7, 11) is 0. The van der Waals surface area contributed by atoms with Gasteiger partial charge in [-0.05, 0) is 35.7 Å². The highest BCUT2D eigenvalue weighted by molar-refractivity contribution is 7.13. The molecule has 1 aromatic carbocycles. The van der Waals surface area contributed by atoms with Crippen LogP contribution in [0.4, 0.5) is 5.95 Å². The van der Waals surface area contributed by atoms with Crippen LogP contribution in [-0.2, 0) is 4.79 Å². The Kier molecular flexibility index (Phi) is 5.76. The quantitative estimate of drug-likeness (QED) is 0.441. The molecule has 5 rings (SSSR count). The van der Waals surface area contributed by atoms with E-state index in [2.05, 4.69) is 14.9 Å². The van der Waals surface area contributed by atoms with E-state index >= 15 is 0 Å². The van der Waals surface area contributed by atoms with Crippen molar-refractivity contribution in [3.8, 4) is 16.3 Å². The molecule has 0 spiro atoms. The lowest BCUT2D eigenvalue weighted by Crippen LogP contribution is -2.48. The summed E-state index contributed by atoms with van der Waals surface area (Å²) < 4.78 is 1.86. The standard InChI is InChI=1S/C24H22N6OS/c31-22(28-13-15-29(16-14-28)24-25-11-5-12-26-24)10-9-19-18-30(20-6-2-1-3-7-20)27-23(19)21-8-4-17-32-21/h1-12,17-18H,13-16H2. The molecule has 0 atom stereocenters. The molecule has 1 aliphatic heterocycles. The molecule has 1 saturated heterocycles. The Bertz CT molecular complexity index is 1200. The van der Waals surface area contributed by atoms with E-state index in [1.807, 2.05) is 69.7 Å². The van der Waals surface area contributed by atoms with Crippen LogP contribution in [0.3, 0.4) is 0 Å². The third-order valence-electron chi connectivity index (χ3n) is 5.35. The van der Waals surface area contributed by atoms with E-state index < -0.39 is 0 Å². The fourth-order valence-corrected chi connectivity index (χ4v) is 4.41. The molecule has 7 nitrogen and oxygen atoms in total. The normalized spacial score (nSPS) is 14.2. The first-order valence-corrected chi connectivity index (χ1v) is 11.3. The molecular weight excluding hydrogens is 420 g/mol. The van der Waals surface area contributed by atoms with E-state index in [0.29, 0.717) is 19.0 Å². The maximum atomic E-state index is 12.9. The molecule has 1 aliphatic rings. The van der Waals surface area contributed by atoms with Gasteiger partial charge in [0.1, 0.15) is 5.69 Å². The largest absolute Gasteiger partial charge is 0.337 e. The van der Waals surface area contributed by atoms with Crippen molar-refractivity contribution < 1.29 is 4.79 Å². The Balaban J connectivity index is 1.32. The Labute approximate surface area is 190 Å². The summed E-state index contributed by atoms with van der Waals surface area (Å²) in [6.07, 6.45) is 8.97. The molecule has 4 heterocycles. The zero-order valence-corrected chi connectivity index (χ0v) is 18.2. The van der Waals surface area contributed by atoms with Gasteiger partial charge in [-0.2, -0.15) is 5.10 Å².